The molecule has 39 heavy (non-hydrogen) atoms. The Morgan fingerprint density at radius 3 is 2.49 bits per heavy atom. The normalized spacial score (nSPS) is 17.8. The van der Waals surface area contributed by atoms with E-state index in [1.807, 2.05) is 0 Å². The molecular weight excluding hydrogens is 546 g/mol. The third-order valence-corrected chi connectivity index (χ3v) is 9.06. The number of hydrogen-bond donors (Lipinski definition) is 3. The fourth-order valence-corrected chi connectivity index (χ4v) is 6.89. The van der Waals surface area contributed by atoms with E-state index >= 15 is 0 Å². The zero-order chi connectivity index (χ0) is 28.3. The maximum absolute atomic E-state index is 13.1. The molecule has 4 rings (SSSR count). The van der Waals surface area contributed by atoms with E-state index in [0.717, 1.165) is 30.7 Å². The van der Waals surface area contributed by atoms with Crippen LogP contribution in [-0.2, 0) is 14.8 Å². The second kappa shape index (κ2) is 11.8. The molecule has 3 aromatic rings. The van der Waals surface area contributed by atoms with E-state index in [4.69, 9.17) is 9.47 Å². The minimum absolute atomic E-state index is 0.0252. The molecular formula is C25H31N5O7S2. The highest BCUT2D eigenvalue weighted by Crippen LogP contribution is 2.39. The van der Waals surface area contributed by atoms with Crippen LogP contribution in [0, 0.1) is 0 Å². The first-order valence-electron chi connectivity index (χ1n) is 12.6. The number of alkyl carbamates (subject to hydrolysis) is 1. The number of hydrogen-bond acceptors (Lipinski definition) is 11. The third kappa shape index (κ3) is 6.28. The number of aromatic nitrogens is 2. The molecule has 0 unspecified atom stereocenters. The average Bonchev–Trinajstić information content (AvgIpc) is 3.38. The number of methoxy groups -OCH3 is 1. The van der Waals surface area contributed by atoms with Crippen molar-refractivity contribution in [1.29, 1.82) is 0 Å². The van der Waals surface area contributed by atoms with Gasteiger partial charge in [-0.3, -0.25) is 9.59 Å². The summed E-state index contributed by atoms with van der Waals surface area (Å²) in [5, 5.41) is 15.6. The molecule has 1 amide bonds. The standard InChI is InChI=1S/C25H31N5O7S2/c1-5-26-39(34,35)18-12-16(27-19-20(31)21(32)22(19)36-4)10-11-17(18)24-30-29-23(38-24)14-6-8-15(9-7-14)28-25(33)37-13(2)3/h10-15,26-27H,5-9H2,1-4H3,(H,28,33). The monoisotopic (exact) mass is 577 g/mol. The van der Waals surface area contributed by atoms with Crippen molar-refractivity contribution >= 4 is 38.8 Å². The average molecular weight is 578 g/mol. The Bertz CT molecular complexity index is 1520. The van der Waals surface area contributed by atoms with Gasteiger partial charge in [-0.25, -0.2) is 17.9 Å². The van der Waals surface area contributed by atoms with Crippen molar-refractivity contribution in [3.8, 4) is 16.3 Å². The maximum atomic E-state index is 13.1. The largest absolute Gasteiger partial charge is 0.491 e. The summed E-state index contributed by atoms with van der Waals surface area (Å²) >= 11 is 1.33. The molecule has 0 saturated heterocycles. The lowest BCUT2D eigenvalue weighted by Crippen LogP contribution is -2.38. The van der Waals surface area contributed by atoms with Gasteiger partial charge in [0.15, 0.2) is 5.75 Å². The van der Waals surface area contributed by atoms with E-state index in [9.17, 15) is 22.8 Å². The van der Waals surface area contributed by atoms with Crippen molar-refractivity contribution < 1.29 is 22.7 Å². The van der Waals surface area contributed by atoms with Gasteiger partial charge in [0, 0.05) is 29.8 Å². The van der Waals surface area contributed by atoms with Gasteiger partial charge in [0.05, 0.1) is 18.1 Å². The molecule has 14 heteroatoms. The number of carbonyl (C=O) groups excluding carboxylic acids is 1. The van der Waals surface area contributed by atoms with E-state index in [0.29, 0.717) is 16.3 Å². The topological polar surface area (TPSA) is 166 Å². The van der Waals surface area contributed by atoms with Gasteiger partial charge in [-0.1, -0.05) is 18.3 Å². The summed E-state index contributed by atoms with van der Waals surface area (Å²) in [6.45, 7) is 5.45. The van der Waals surface area contributed by atoms with E-state index in [2.05, 4.69) is 25.6 Å². The summed E-state index contributed by atoms with van der Waals surface area (Å²) < 4.78 is 38.8. The van der Waals surface area contributed by atoms with E-state index in [1.165, 1.54) is 24.5 Å². The van der Waals surface area contributed by atoms with Gasteiger partial charge in [0.25, 0.3) is 10.9 Å². The summed E-state index contributed by atoms with van der Waals surface area (Å²) in [6, 6.07) is 4.61. The summed E-state index contributed by atoms with van der Waals surface area (Å²) in [5.41, 5.74) is -0.828. The molecule has 0 radical (unpaired) electrons. The summed E-state index contributed by atoms with van der Waals surface area (Å²) in [4.78, 5) is 35.5. The second-order valence-electron chi connectivity index (χ2n) is 9.50. The van der Waals surface area contributed by atoms with Crippen LogP contribution in [0.25, 0.3) is 10.6 Å². The smallest absolute Gasteiger partial charge is 0.407 e. The van der Waals surface area contributed by atoms with Crippen molar-refractivity contribution in [3.63, 3.8) is 0 Å². The number of anilines is 2. The molecule has 0 aliphatic heterocycles. The fourth-order valence-electron chi connectivity index (χ4n) is 4.50. The van der Waals surface area contributed by atoms with Gasteiger partial charge < -0.3 is 20.1 Å². The molecule has 210 valence electrons. The minimum atomic E-state index is -3.93. The Kier molecular flexibility index (Phi) is 8.67. The van der Waals surface area contributed by atoms with Crippen molar-refractivity contribution in [3.05, 3.63) is 43.7 Å². The zero-order valence-corrected chi connectivity index (χ0v) is 23.7. The zero-order valence-electron chi connectivity index (χ0n) is 22.1. The number of nitrogens with one attached hydrogen (secondary N) is 3. The molecule has 12 nitrogen and oxygen atoms in total. The van der Waals surface area contributed by atoms with Gasteiger partial charge >= 0.3 is 6.09 Å². The maximum Gasteiger partial charge on any atom is 0.407 e. The van der Waals surface area contributed by atoms with Crippen LogP contribution in [0.2, 0.25) is 0 Å². The summed E-state index contributed by atoms with van der Waals surface area (Å²) in [7, 11) is -2.64. The van der Waals surface area contributed by atoms with Crippen molar-refractivity contribution in [2.75, 3.05) is 19.0 Å². The molecule has 1 aliphatic rings. The lowest BCUT2D eigenvalue weighted by atomic mass is 9.86. The Labute approximate surface area is 229 Å². The van der Waals surface area contributed by atoms with Crippen LogP contribution in [0.15, 0.2) is 32.7 Å². The van der Waals surface area contributed by atoms with Crippen molar-refractivity contribution in [2.24, 2.45) is 0 Å². The van der Waals surface area contributed by atoms with Gasteiger partial charge in [0.2, 0.25) is 10.0 Å². The predicted octanol–water partition coefficient (Wildman–Crippen LogP) is 3.01. The van der Waals surface area contributed by atoms with Crippen LogP contribution < -0.4 is 31.0 Å². The molecule has 1 saturated carbocycles. The third-order valence-electron chi connectivity index (χ3n) is 6.36. The number of rotatable bonds is 10. The van der Waals surface area contributed by atoms with Gasteiger partial charge in [0.1, 0.15) is 15.7 Å². The first-order valence-corrected chi connectivity index (χ1v) is 14.9. The lowest BCUT2D eigenvalue weighted by molar-refractivity contribution is 0.109. The van der Waals surface area contributed by atoms with Gasteiger partial charge in [-0.15, -0.1) is 10.2 Å². The van der Waals surface area contributed by atoms with Crippen LogP contribution in [0.1, 0.15) is 57.4 Å². The molecule has 1 fully saturated rings. The quantitative estimate of drug-likeness (QED) is 0.305. The highest BCUT2D eigenvalue weighted by Gasteiger charge is 2.29. The summed E-state index contributed by atoms with van der Waals surface area (Å²) in [6.07, 6.45) is 2.55. The Morgan fingerprint density at radius 1 is 1.13 bits per heavy atom. The van der Waals surface area contributed by atoms with E-state index < -0.39 is 27.0 Å². The SMILES string of the molecule is CCNS(=O)(=O)c1cc(Nc2c(OC)c(=O)c2=O)ccc1-c1nnc(C2CCC(NC(=O)OC(C)C)CC2)s1. The molecule has 0 bridgehead atoms. The molecule has 0 atom stereocenters. The Balaban J connectivity index is 1.55. The van der Waals surface area contributed by atoms with Crippen LogP contribution in [-0.4, -0.2) is 50.5 Å². The molecule has 1 aromatic heterocycles. The number of amides is 1. The van der Waals surface area contributed by atoms with Crippen LogP contribution in [0.3, 0.4) is 0 Å². The van der Waals surface area contributed by atoms with Crippen molar-refractivity contribution in [2.45, 2.75) is 69.4 Å². The van der Waals surface area contributed by atoms with Gasteiger partial charge in [-0.2, -0.15) is 0 Å². The molecule has 1 aliphatic carbocycles. The minimum Gasteiger partial charge on any atom is -0.491 e. The summed E-state index contributed by atoms with van der Waals surface area (Å²) in [5.74, 6) is 0.0439. The molecule has 3 N–H and O–H groups in total. The Hall–Kier alpha value is -3.36. The van der Waals surface area contributed by atoms with E-state index in [-0.39, 0.29) is 40.9 Å². The predicted molar refractivity (Wildman–Crippen MR) is 147 cm³/mol. The van der Waals surface area contributed by atoms with Crippen LogP contribution in [0.4, 0.5) is 16.2 Å². The number of ether oxygens (including phenoxy) is 2. The molecule has 1 heterocycles. The highest BCUT2D eigenvalue weighted by atomic mass is 32.2. The number of carbonyl (C=O) groups is 1. The fraction of sp³-hybridized carbons (Fsp3) is 0.480. The van der Waals surface area contributed by atoms with Crippen molar-refractivity contribution in [1.82, 2.24) is 20.2 Å². The first kappa shape index (κ1) is 28.6. The Morgan fingerprint density at radius 2 is 1.85 bits per heavy atom. The van der Waals surface area contributed by atoms with E-state index in [1.54, 1.807) is 32.9 Å². The number of nitrogens with zero attached hydrogens (tertiary/aromatic N) is 2. The second-order valence-corrected chi connectivity index (χ2v) is 12.2. The van der Waals surface area contributed by atoms with Gasteiger partial charge in [-0.05, 0) is 57.7 Å². The molecule has 0 spiro atoms. The molecule has 2 aromatic carbocycles. The number of sulfonamides is 1. The number of benzene rings is 1. The highest BCUT2D eigenvalue weighted by molar-refractivity contribution is 7.89. The lowest BCUT2D eigenvalue weighted by Gasteiger charge is -2.27. The van der Waals surface area contributed by atoms with Crippen LogP contribution in [0.5, 0.6) is 5.75 Å². The van der Waals surface area contributed by atoms with Crippen LogP contribution >= 0.6 is 11.3 Å². The first-order chi connectivity index (χ1) is 18.5.